The van der Waals surface area contributed by atoms with E-state index in [0.717, 1.165) is 122 Å². The fourth-order valence-electron chi connectivity index (χ4n) is 6.72. The Morgan fingerprint density at radius 2 is 0.672 bits per heavy atom. The summed E-state index contributed by atoms with van der Waals surface area (Å²) in [5, 5.41) is 0. The fraction of sp³-hybridized carbons (Fsp3) is 0.590. The third-order valence-electron chi connectivity index (χ3n) is 10.7. The van der Waals surface area contributed by atoms with Gasteiger partial charge < -0.3 is 14.2 Å². The van der Waals surface area contributed by atoms with E-state index in [2.05, 4.69) is 148 Å². The Hall–Kier alpha value is -4.45. The van der Waals surface area contributed by atoms with E-state index in [-0.39, 0.29) is 37.5 Å². The highest BCUT2D eigenvalue weighted by Crippen LogP contribution is 2.12. The van der Waals surface area contributed by atoms with Crippen molar-refractivity contribution in [3.63, 3.8) is 0 Å². The van der Waals surface area contributed by atoms with Gasteiger partial charge in [0.25, 0.3) is 0 Å². The molecule has 1 atom stereocenters. The minimum absolute atomic E-state index is 0.124. The van der Waals surface area contributed by atoms with Gasteiger partial charge in [-0.25, -0.2) is 0 Å². The third-order valence-corrected chi connectivity index (χ3v) is 10.7. The third kappa shape index (κ3) is 52.4. The number of esters is 3. The van der Waals surface area contributed by atoms with Crippen LogP contribution in [0, 0.1) is 0 Å². The molecule has 0 aromatic heterocycles. The summed E-state index contributed by atoms with van der Waals surface area (Å²) < 4.78 is 16.7. The molecular formula is C61H96O6. The number of carbonyl (C=O) groups excluding carboxylic acids is 3. The number of allylic oxidation sites excluding steroid dienone is 22. The van der Waals surface area contributed by atoms with Crippen LogP contribution in [-0.2, 0) is 28.6 Å². The summed E-state index contributed by atoms with van der Waals surface area (Å²) in [4.78, 5) is 38.0. The average Bonchev–Trinajstić information content (AvgIpc) is 3.33. The van der Waals surface area contributed by atoms with Crippen LogP contribution in [0.2, 0.25) is 0 Å². The predicted molar refractivity (Wildman–Crippen MR) is 288 cm³/mol. The summed E-state index contributed by atoms with van der Waals surface area (Å²) in [6, 6.07) is 0. The van der Waals surface area contributed by atoms with Crippen LogP contribution in [0.15, 0.2) is 134 Å². The molecule has 0 N–H and O–H groups in total. The molecule has 0 aromatic carbocycles. The maximum absolute atomic E-state index is 12.8. The molecule has 0 heterocycles. The average molecular weight is 925 g/mol. The molecule has 0 saturated heterocycles. The Kier molecular flexibility index (Phi) is 50.6. The van der Waals surface area contributed by atoms with Crippen LogP contribution in [-0.4, -0.2) is 37.2 Å². The quantitative estimate of drug-likeness (QED) is 0.0199. The molecule has 0 spiro atoms. The van der Waals surface area contributed by atoms with E-state index in [0.29, 0.717) is 19.3 Å². The van der Waals surface area contributed by atoms with Crippen LogP contribution in [0.3, 0.4) is 0 Å². The van der Waals surface area contributed by atoms with E-state index in [9.17, 15) is 14.4 Å². The summed E-state index contributed by atoms with van der Waals surface area (Å²) in [6.45, 7) is 6.28. The molecule has 0 fully saturated rings. The standard InChI is InChI=1S/C61H96O6/c1-4-7-10-13-16-19-22-25-27-29-30-32-33-36-39-42-45-48-51-54-60(63)66-57-58(56-65-59(62)53-50-47-44-41-38-35-24-21-18-15-12-9-6-3)67-61(64)55-52-49-46-43-40-37-34-31-28-26-23-20-17-14-11-8-5-2/h7,9-10,12,15-16,18-19,21,24-28,30,32,34,36-37,39,43,46,58H,4-6,8,11,13-14,17,20,22-23,29,31,33,35,38,40-42,44-45,47-57H2,1-3H3/b10-7+,12-9+,18-15+,19-16+,24-21+,27-25+,28-26+,32-30+,37-34+,39-36+,46-43+. The zero-order chi connectivity index (χ0) is 48.6. The highest BCUT2D eigenvalue weighted by atomic mass is 16.6. The zero-order valence-corrected chi connectivity index (χ0v) is 42.9. The van der Waals surface area contributed by atoms with Gasteiger partial charge in [0.15, 0.2) is 6.10 Å². The van der Waals surface area contributed by atoms with E-state index in [1.165, 1.54) is 44.9 Å². The maximum atomic E-state index is 12.8. The van der Waals surface area contributed by atoms with Crippen LogP contribution >= 0.6 is 0 Å². The van der Waals surface area contributed by atoms with Crippen molar-refractivity contribution in [2.24, 2.45) is 0 Å². The van der Waals surface area contributed by atoms with Crippen LogP contribution in [0.5, 0.6) is 0 Å². The molecule has 1 unspecified atom stereocenters. The monoisotopic (exact) mass is 925 g/mol. The van der Waals surface area contributed by atoms with Crippen molar-refractivity contribution >= 4 is 17.9 Å². The molecule has 0 aliphatic rings. The molecule has 376 valence electrons. The van der Waals surface area contributed by atoms with Crippen molar-refractivity contribution in [1.82, 2.24) is 0 Å². The normalized spacial score (nSPS) is 13.2. The molecule has 0 aliphatic carbocycles. The first kappa shape index (κ1) is 62.5. The first-order valence-corrected chi connectivity index (χ1v) is 26.7. The highest BCUT2D eigenvalue weighted by Gasteiger charge is 2.19. The number of carbonyl (C=O) groups is 3. The number of unbranched alkanes of at least 4 members (excludes halogenated alkanes) is 15. The predicted octanol–water partition coefficient (Wildman–Crippen LogP) is 17.9. The lowest BCUT2D eigenvalue weighted by Gasteiger charge is -2.18. The molecule has 6 heteroatoms. The SMILES string of the molecule is CC/C=C/C=C/C=C/CCCCCCCC(=O)OCC(COC(=O)CCCCC/C=C/C/C=C/C/C=C/C/C=C/C/C=C/CC)OC(=O)CCC/C=C/C/C=C/C/C=C/CCCCCCCC. The molecule has 0 aliphatic heterocycles. The molecular weight excluding hydrogens is 829 g/mol. The van der Waals surface area contributed by atoms with Gasteiger partial charge in [-0.15, -0.1) is 0 Å². The first-order chi connectivity index (χ1) is 33.0. The lowest BCUT2D eigenvalue weighted by Crippen LogP contribution is -2.30. The van der Waals surface area contributed by atoms with Crippen molar-refractivity contribution in [3.8, 4) is 0 Å². The minimum atomic E-state index is -0.832. The van der Waals surface area contributed by atoms with E-state index in [1.807, 2.05) is 6.08 Å². The summed E-state index contributed by atoms with van der Waals surface area (Å²) in [6.07, 6.45) is 75.9. The highest BCUT2D eigenvalue weighted by molar-refractivity contribution is 5.71. The molecule has 0 saturated carbocycles. The van der Waals surface area contributed by atoms with Gasteiger partial charge in [0.2, 0.25) is 0 Å². The van der Waals surface area contributed by atoms with Gasteiger partial charge in [0.05, 0.1) is 0 Å². The Labute approximate surface area is 411 Å². The Balaban J connectivity index is 4.57. The Bertz CT molecular complexity index is 1480. The number of ether oxygens (including phenoxy) is 3. The first-order valence-electron chi connectivity index (χ1n) is 26.7. The summed E-state index contributed by atoms with van der Waals surface area (Å²) in [7, 11) is 0. The van der Waals surface area contributed by atoms with Crippen molar-refractivity contribution < 1.29 is 28.6 Å². The molecule has 67 heavy (non-hydrogen) atoms. The van der Waals surface area contributed by atoms with Gasteiger partial charge in [-0.2, -0.15) is 0 Å². The van der Waals surface area contributed by atoms with Gasteiger partial charge in [-0.1, -0.05) is 212 Å². The lowest BCUT2D eigenvalue weighted by molar-refractivity contribution is -0.167. The van der Waals surface area contributed by atoms with Crippen molar-refractivity contribution in [3.05, 3.63) is 134 Å². The van der Waals surface area contributed by atoms with Gasteiger partial charge >= 0.3 is 17.9 Å². The molecule has 0 rings (SSSR count). The fourth-order valence-corrected chi connectivity index (χ4v) is 6.72. The largest absolute Gasteiger partial charge is 0.462 e. The van der Waals surface area contributed by atoms with Gasteiger partial charge in [-0.3, -0.25) is 14.4 Å². The maximum Gasteiger partial charge on any atom is 0.306 e. The summed E-state index contributed by atoms with van der Waals surface area (Å²) >= 11 is 0. The van der Waals surface area contributed by atoms with E-state index in [1.54, 1.807) is 0 Å². The second kappa shape index (κ2) is 54.2. The van der Waals surface area contributed by atoms with Crippen LogP contribution in [0.4, 0.5) is 0 Å². The number of rotatable bonds is 46. The Morgan fingerprint density at radius 1 is 0.328 bits per heavy atom. The summed E-state index contributed by atoms with van der Waals surface area (Å²) in [5.74, 6) is -1.04. The number of hydrogen-bond donors (Lipinski definition) is 0. The lowest BCUT2D eigenvalue weighted by atomic mass is 10.1. The van der Waals surface area contributed by atoms with Crippen LogP contribution < -0.4 is 0 Å². The van der Waals surface area contributed by atoms with E-state index in [4.69, 9.17) is 14.2 Å². The van der Waals surface area contributed by atoms with Crippen molar-refractivity contribution in [2.75, 3.05) is 13.2 Å². The minimum Gasteiger partial charge on any atom is -0.462 e. The summed E-state index contributed by atoms with van der Waals surface area (Å²) in [5.41, 5.74) is 0. The van der Waals surface area contributed by atoms with Crippen molar-refractivity contribution in [2.45, 2.75) is 219 Å². The zero-order valence-electron chi connectivity index (χ0n) is 42.9. The molecule has 0 bridgehead atoms. The molecule has 6 nitrogen and oxygen atoms in total. The topological polar surface area (TPSA) is 78.9 Å². The van der Waals surface area contributed by atoms with Gasteiger partial charge in [0.1, 0.15) is 13.2 Å². The Morgan fingerprint density at radius 3 is 1.13 bits per heavy atom. The van der Waals surface area contributed by atoms with E-state index < -0.39 is 6.10 Å². The van der Waals surface area contributed by atoms with Crippen LogP contribution in [0.1, 0.15) is 213 Å². The molecule has 0 amide bonds. The molecule has 0 radical (unpaired) electrons. The second-order valence-corrected chi connectivity index (χ2v) is 17.1. The smallest absolute Gasteiger partial charge is 0.306 e. The molecule has 0 aromatic rings. The van der Waals surface area contributed by atoms with Gasteiger partial charge in [-0.05, 0) is 116 Å². The number of hydrogen-bond acceptors (Lipinski definition) is 6. The van der Waals surface area contributed by atoms with E-state index >= 15 is 0 Å². The van der Waals surface area contributed by atoms with Gasteiger partial charge in [0, 0.05) is 19.3 Å². The van der Waals surface area contributed by atoms with Crippen molar-refractivity contribution in [1.29, 1.82) is 0 Å². The second-order valence-electron chi connectivity index (χ2n) is 17.1. The van der Waals surface area contributed by atoms with Crippen LogP contribution in [0.25, 0.3) is 0 Å².